The fourth-order valence-corrected chi connectivity index (χ4v) is 6.30. The first kappa shape index (κ1) is 37.9. The number of carboxylic acids is 1. The lowest BCUT2D eigenvalue weighted by Gasteiger charge is -2.37. The van der Waals surface area contributed by atoms with E-state index in [0.717, 1.165) is 19.7 Å². The van der Waals surface area contributed by atoms with Crippen molar-refractivity contribution in [2.45, 2.75) is 79.2 Å². The number of carbonyl (C=O) groups is 3. The molecule has 0 aliphatic carbocycles. The minimum Gasteiger partial charge on any atom is -0.480 e. The van der Waals surface area contributed by atoms with Crippen LogP contribution in [0.3, 0.4) is 0 Å². The predicted molar refractivity (Wildman–Crippen MR) is 172 cm³/mol. The summed E-state index contributed by atoms with van der Waals surface area (Å²) in [6, 6.07) is 17.3. The van der Waals surface area contributed by atoms with Crippen molar-refractivity contribution in [3.63, 3.8) is 0 Å². The zero-order valence-electron chi connectivity index (χ0n) is 27.6. The van der Waals surface area contributed by atoms with Gasteiger partial charge in [-0.3, -0.25) is 14.4 Å². The Hall–Kier alpha value is -3.32. The summed E-state index contributed by atoms with van der Waals surface area (Å²) in [5.41, 5.74) is -1.38. The molecule has 2 aromatic rings. The number of nitrogens with zero attached hydrogens (tertiary/aromatic N) is 2. The van der Waals surface area contributed by atoms with E-state index in [0.29, 0.717) is 0 Å². The van der Waals surface area contributed by atoms with Gasteiger partial charge in [0.05, 0.1) is 23.5 Å². The lowest BCUT2D eigenvalue weighted by Crippen LogP contribution is -2.58. The van der Waals surface area contributed by atoms with Gasteiger partial charge in [-0.2, -0.15) is 17.0 Å². The number of benzene rings is 2. The van der Waals surface area contributed by atoms with Crippen molar-refractivity contribution in [3.8, 4) is 0 Å². The molecule has 0 bridgehead atoms. The van der Waals surface area contributed by atoms with Crippen LogP contribution >= 0.6 is 0 Å². The summed E-state index contributed by atoms with van der Waals surface area (Å²) in [6.07, 6.45) is -1.21. The van der Waals surface area contributed by atoms with Gasteiger partial charge in [-0.25, -0.2) is 0 Å². The van der Waals surface area contributed by atoms with Crippen LogP contribution in [0.1, 0.15) is 59.6 Å². The SMILES string of the molecule is CC(C)CN(C[C@@H](O)[C@H](Cc1ccccc1)NC(=O)[C@H](C)C(C)(C)C(=O)OCc1ccccc1)S(=O)(=O)N(C)C(C)(C)C(=O)O. The van der Waals surface area contributed by atoms with Gasteiger partial charge in [-0.05, 0) is 51.2 Å². The highest BCUT2D eigenvalue weighted by molar-refractivity contribution is 7.86. The van der Waals surface area contributed by atoms with E-state index in [1.807, 2.05) is 60.7 Å². The van der Waals surface area contributed by atoms with E-state index in [1.165, 1.54) is 20.9 Å². The first-order valence-electron chi connectivity index (χ1n) is 15.0. The second kappa shape index (κ2) is 15.8. The Morgan fingerprint density at radius 1 is 0.889 bits per heavy atom. The molecule has 0 aromatic heterocycles. The number of carbonyl (C=O) groups excluding carboxylic acids is 2. The number of aliphatic hydroxyl groups excluding tert-OH is 1. The lowest BCUT2D eigenvalue weighted by molar-refractivity contribution is -0.161. The third-order valence-electron chi connectivity index (χ3n) is 8.25. The molecule has 2 rings (SSSR count). The van der Waals surface area contributed by atoms with Crippen LogP contribution < -0.4 is 5.32 Å². The molecular weight excluding hydrogens is 598 g/mol. The van der Waals surface area contributed by atoms with Crippen LogP contribution in [0.15, 0.2) is 60.7 Å². The quantitative estimate of drug-likeness (QED) is 0.221. The van der Waals surface area contributed by atoms with Gasteiger partial charge in [0, 0.05) is 20.1 Å². The van der Waals surface area contributed by atoms with E-state index in [9.17, 15) is 33.0 Å². The molecule has 12 heteroatoms. The summed E-state index contributed by atoms with van der Waals surface area (Å²) >= 11 is 0. The standard InChI is InChI=1S/C33H49N3O8S/c1-23(2)20-36(45(42,43)35(8)33(6,7)30(39)40)21-28(37)27(19-25-15-11-9-12-16-25)34-29(38)24(3)32(4,5)31(41)44-22-26-17-13-10-14-18-26/h9-18,23-24,27-28,37H,19-22H2,1-8H3,(H,34,38)(H,39,40)/t24-,27-,28+/m0/s1. The van der Waals surface area contributed by atoms with Crippen LogP contribution in [-0.4, -0.2) is 82.9 Å². The van der Waals surface area contributed by atoms with Crippen LogP contribution in [0.2, 0.25) is 0 Å². The molecule has 0 aliphatic heterocycles. The molecule has 3 atom stereocenters. The van der Waals surface area contributed by atoms with Crippen LogP contribution in [0.25, 0.3) is 0 Å². The van der Waals surface area contributed by atoms with Crippen LogP contribution in [-0.2, 0) is 42.4 Å². The summed E-state index contributed by atoms with van der Waals surface area (Å²) < 4.78 is 34.7. The van der Waals surface area contributed by atoms with Gasteiger partial charge in [0.1, 0.15) is 12.1 Å². The van der Waals surface area contributed by atoms with Gasteiger partial charge in [0.25, 0.3) is 10.2 Å². The maximum absolute atomic E-state index is 13.7. The van der Waals surface area contributed by atoms with E-state index in [4.69, 9.17) is 4.74 Å². The van der Waals surface area contributed by atoms with Crippen molar-refractivity contribution in [2.24, 2.45) is 17.3 Å². The molecule has 0 heterocycles. The predicted octanol–water partition coefficient (Wildman–Crippen LogP) is 3.48. The van der Waals surface area contributed by atoms with Gasteiger partial charge < -0.3 is 20.3 Å². The van der Waals surface area contributed by atoms with Crippen molar-refractivity contribution in [2.75, 3.05) is 20.1 Å². The second-order valence-electron chi connectivity index (χ2n) is 12.9. The van der Waals surface area contributed by atoms with Crippen molar-refractivity contribution in [1.29, 1.82) is 0 Å². The first-order chi connectivity index (χ1) is 20.8. The highest BCUT2D eigenvalue weighted by atomic mass is 32.2. The van der Waals surface area contributed by atoms with Crippen molar-refractivity contribution >= 4 is 28.1 Å². The number of esters is 1. The number of aliphatic carboxylic acids is 1. The first-order valence-corrected chi connectivity index (χ1v) is 16.4. The van der Waals surface area contributed by atoms with Crippen LogP contribution in [0.4, 0.5) is 0 Å². The fourth-order valence-electron chi connectivity index (χ4n) is 4.48. The highest BCUT2D eigenvalue weighted by Gasteiger charge is 2.44. The van der Waals surface area contributed by atoms with Crippen molar-refractivity contribution < 1.29 is 37.8 Å². The minimum atomic E-state index is -4.36. The van der Waals surface area contributed by atoms with Gasteiger partial charge in [0.2, 0.25) is 5.91 Å². The highest BCUT2D eigenvalue weighted by Crippen LogP contribution is 2.29. The zero-order valence-corrected chi connectivity index (χ0v) is 28.4. The van der Waals surface area contributed by atoms with Crippen molar-refractivity contribution in [3.05, 3.63) is 71.8 Å². The molecule has 0 saturated heterocycles. The maximum Gasteiger partial charge on any atom is 0.324 e. The summed E-state index contributed by atoms with van der Waals surface area (Å²) in [7, 11) is -3.17. The average Bonchev–Trinajstić information content (AvgIpc) is 2.98. The molecule has 1 amide bonds. The number of ether oxygens (including phenoxy) is 1. The molecule has 250 valence electrons. The Morgan fingerprint density at radius 3 is 1.89 bits per heavy atom. The summed E-state index contributed by atoms with van der Waals surface area (Å²) in [5, 5.41) is 24.0. The van der Waals surface area contributed by atoms with E-state index in [-0.39, 0.29) is 25.5 Å². The number of amides is 1. The van der Waals surface area contributed by atoms with Gasteiger partial charge in [-0.1, -0.05) is 81.4 Å². The third-order valence-corrected chi connectivity index (χ3v) is 10.3. The number of aliphatic hydroxyl groups is 1. The maximum atomic E-state index is 13.7. The zero-order chi connectivity index (χ0) is 34.2. The van der Waals surface area contributed by atoms with Crippen LogP contribution in [0.5, 0.6) is 0 Å². The van der Waals surface area contributed by atoms with E-state index in [2.05, 4.69) is 5.32 Å². The molecule has 0 unspecified atom stereocenters. The monoisotopic (exact) mass is 647 g/mol. The Labute approximate surface area is 267 Å². The van der Waals surface area contributed by atoms with E-state index >= 15 is 0 Å². The van der Waals surface area contributed by atoms with E-state index < -0.39 is 63.6 Å². The van der Waals surface area contributed by atoms with Gasteiger partial charge in [0.15, 0.2) is 0 Å². The molecule has 0 spiro atoms. The largest absolute Gasteiger partial charge is 0.480 e. The van der Waals surface area contributed by atoms with Gasteiger partial charge >= 0.3 is 11.9 Å². The molecule has 3 N–H and O–H groups in total. The fraction of sp³-hybridized carbons (Fsp3) is 0.545. The molecule has 0 saturated carbocycles. The van der Waals surface area contributed by atoms with Crippen LogP contribution in [0, 0.1) is 17.3 Å². The third kappa shape index (κ3) is 10.1. The molecular formula is C33H49N3O8S. The Morgan fingerprint density at radius 2 is 1.40 bits per heavy atom. The topological polar surface area (TPSA) is 154 Å². The molecule has 11 nitrogen and oxygen atoms in total. The Kier molecular flexibility index (Phi) is 13.3. The molecule has 0 aliphatic rings. The molecule has 0 fully saturated rings. The second-order valence-corrected chi connectivity index (χ2v) is 14.9. The van der Waals surface area contributed by atoms with Crippen molar-refractivity contribution in [1.82, 2.24) is 13.9 Å². The molecule has 0 radical (unpaired) electrons. The smallest absolute Gasteiger partial charge is 0.324 e. The summed E-state index contributed by atoms with van der Waals surface area (Å²) in [5.74, 6) is -3.43. The number of hydrogen-bond acceptors (Lipinski definition) is 7. The average molecular weight is 648 g/mol. The minimum absolute atomic E-state index is 0.00211. The number of rotatable bonds is 17. The molecule has 2 aromatic carbocycles. The summed E-state index contributed by atoms with van der Waals surface area (Å²) in [6.45, 7) is 10.7. The lowest BCUT2D eigenvalue weighted by atomic mass is 9.79. The number of likely N-dealkylation sites (N-methyl/N-ethyl adjacent to an activating group) is 1. The number of carboxylic acid groups (broad SMARTS) is 1. The Balaban J connectivity index is 2.32. The van der Waals surface area contributed by atoms with E-state index in [1.54, 1.807) is 34.6 Å². The number of nitrogens with one attached hydrogen (secondary N) is 1. The normalized spacial score (nSPS) is 14.7. The Bertz CT molecular complexity index is 1380. The summed E-state index contributed by atoms with van der Waals surface area (Å²) in [4.78, 5) is 38.5. The van der Waals surface area contributed by atoms with Gasteiger partial charge in [-0.15, -0.1) is 0 Å². The molecule has 45 heavy (non-hydrogen) atoms. The number of hydrogen-bond donors (Lipinski definition) is 3.